The van der Waals surface area contributed by atoms with Crippen LogP contribution >= 0.6 is 0 Å². The maximum Gasteiger partial charge on any atom is 0.242 e. The van der Waals surface area contributed by atoms with Crippen molar-refractivity contribution >= 4 is 15.9 Å². The number of carbonyl (C=O) groups is 1. The molecule has 0 aromatic heterocycles. The number of hydrogen-bond acceptors (Lipinski definition) is 4. The first-order valence-corrected chi connectivity index (χ1v) is 8.22. The quantitative estimate of drug-likeness (QED) is 0.804. The third-order valence-electron chi connectivity index (χ3n) is 3.42. The molecule has 6 nitrogen and oxygen atoms in total. The van der Waals surface area contributed by atoms with E-state index < -0.39 is 10.0 Å². The maximum atomic E-state index is 12.1. The molecule has 1 aliphatic heterocycles. The molecule has 1 aromatic rings. The molecule has 0 unspecified atom stereocenters. The van der Waals surface area contributed by atoms with E-state index in [2.05, 4.69) is 0 Å². The minimum absolute atomic E-state index is 0.0431. The molecule has 0 saturated carbocycles. The summed E-state index contributed by atoms with van der Waals surface area (Å²) in [5, 5.41) is 0. The van der Waals surface area contributed by atoms with Crippen LogP contribution in [0.1, 0.15) is 5.56 Å². The van der Waals surface area contributed by atoms with Gasteiger partial charge in [0.25, 0.3) is 0 Å². The lowest BCUT2D eigenvalue weighted by Crippen LogP contribution is -2.41. The first-order chi connectivity index (χ1) is 9.91. The van der Waals surface area contributed by atoms with Crippen molar-refractivity contribution in [2.75, 3.05) is 40.4 Å². The Balaban J connectivity index is 2.04. The molecule has 1 fully saturated rings. The fourth-order valence-corrected chi connectivity index (χ4v) is 2.99. The summed E-state index contributed by atoms with van der Waals surface area (Å²) in [7, 11) is -0.439. The largest absolute Gasteiger partial charge is 0.378 e. The predicted molar refractivity (Wildman–Crippen MR) is 78.4 cm³/mol. The zero-order chi connectivity index (χ0) is 15.5. The number of amides is 1. The van der Waals surface area contributed by atoms with Gasteiger partial charge in [-0.3, -0.25) is 4.79 Å². The Morgan fingerprint density at radius 2 is 1.76 bits per heavy atom. The fourth-order valence-electron chi connectivity index (χ4n) is 2.09. The van der Waals surface area contributed by atoms with Gasteiger partial charge < -0.3 is 9.64 Å². The molecule has 2 rings (SSSR count). The summed E-state index contributed by atoms with van der Waals surface area (Å²) in [5.74, 6) is 0.0431. The third kappa shape index (κ3) is 3.81. The van der Waals surface area contributed by atoms with Gasteiger partial charge in [-0.15, -0.1) is 0 Å². The smallest absolute Gasteiger partial charge is 0.242 e. The number of carbonyl (C=O) groups excluding carboxylic acids is 1. The fraction of sp³-hybridized carbons (Fsp3) is 0.500. The van der Waals surface area contributed by atoms with E-state index in [1.807, 2.05) is 0 Å². The van der Waals surface area contributed by atoms with E-state index in [0.29, 0.717) is 26.3 Å². The van der Waals surface area contributed by atoms with Crippen LogP contribution in [0.25, 0.3) is 0 Å². The molecular formula is C14H20N2O4S. The molecule has 1 amide bonds. The predicted octanol–water partition coefficient (Wildman–Crippen LogP) is 0.338. The topological polar surface area (TPSA) is 66.9 Å². The maximum absolute atomic E-state index is 12.1. The van der Waals surface area contributed by atoms with E-state index >= 15 is 0 Å². The first-order valence-electron chi connectivity index (χ1n) is 6.78. The van der Waals surface area contributed by atoms with E-state index in [-0.39, 0.29) is 17.2 Å². The van der Waals surface area contributed by atoms with Gasteiger partial charge in [0.2, 0.25) is 15.9 Å². The molecule has 0 bridgehead atoms. The van der Waals surface area contributed by atoms with Crippen LogP contribution in [0.2, 0.25) is 0 Å². The summed E-state index contributed by atoms with van der Waals surface area (Å²) in [6, 6.07) is 6.46. The Morgan fingerprint density at radius 3 is 2.29 bits per heavy atom. The van der Waals surface area contributed by atoms with Gasteiger partial charge >= 0.3 is 0 Å². The second kappa shape index (κ2) is 6.55. The minimum atomic E-state index is -3.42. The summed E-state index contributed by atoms with van der Waals surface area (Å²) in [6.07, 6.45) is 0.280. The Hall–Kier alpha value is -1.44. The second-order valence-corrected chi connectivity index (χ2v) is 7.25. The molecule has 1 aromatic carbocycles. The van der Waals surface area contributed by atoms with Crippen molar-refractivity contribution in [3.63, 3.8) is 0 Å². The second-order valence-electron chi connectivity index (χ2n) is 5.10. The van der Waals surface area contributed by atoms with E-state index in [4.69, 9.17) is 4.74 Å². The molecule has 1 heterocycles. The molecule has 0 atom stereocenters. The number of morpholine rings is 1. The van der Waals surface area contributed by atoms with E-state index in [9.17, 15) is 13.2 Å². The number of ether oxygens (including phenoxy) is 1. The van der Waals surface area contributed by atoms with Crippen molar-refractivity contribution in [3.05, 3.63) is 29.8 Å². The van der Waals surface area contributed by atoms with Crippen LogP contribution in [0.5, 0.6) is 0 Å². The van der Waals surface area contributed by atoms with Crippen LogP contribution in [0.4, 0.5) is 0 Å². The normalized spacial score (nSPS) is 16.2. The van der Waals surface area contributed by atoms with Gasteiger partial charge in [-0.05, 0) is 17.7 Å². The molecule has 0 radical (unpaired) electrons. The first kappa shape index (κ1) is 15.9. The van der Waals surface area contributed by atoms with Gasteiger partial charge in [0.15, 0.2) is 0 Å². The highest BCUT2D eigenvalue weighted by Gasteiger charge is 2.19. The zero-order valence-corrected chi connectivity index (χ0v) is 13.1. The molecule has 0 spiro atoms. The number of sulfonamides is 1. The molecule has 0 N–H and O–H groups in total. The van der Waals surface area contributed by atoms with Gasteiger partial charge in [0.05, 0.1) is 24.5 Å². The summed E-state index contributed by atoms with van der Waals surface area (Å²) in [5.41, 5.74) is 0.809. The van der Waals surface area contributed by atoms with Crippen LogP contribution in [0.3, 0.4) is 0 Å². The van der Waals surface area contributed by atoms with Crippen LogP contribution in [-0.4, -0.2) is 63.9 Å². The molecule has 21 heavy (non-hydrogen) atoms. The van der Waals surface area contributed by atoms with Gasteiger partial charge in [0, 0.05) is 27.2 Å². The average molecular weight is 312 g/mol. The lowest BCUT2D eigenvalue weighted by atomic mass is 10.1. The minimum Gasteiger partial charge on any atom is -0.378 e. The molecular weight excluding hydrogens is 292 g/mol. The van der Waals surface area contributed by atoms with Crippen molar-refractivity contribution in [2.45, 2.75) is 11.3 Å². The van der Waals surface area contributed by atoms with E-state index in [1.165, 1.54) is 30.5 Å². The van der Waals surface area contributed by atoms with Gasteiger partial charge in [-0.1, -0.05) is 12.1 Å². The van der Waals surface area contributed by atoms with Crippen molar-refractivity contribution in [1.82, 2.24) is 9.21 Å². The van der Waals surface area contributed by atoms with E-state index in [1.54, 1.807) is 17.0 Å². The Bertz CT molecular complexity index is 590. The van der Waals surface area contributed by atoms with E-state index in [0.717, 1.165) is 5.56 Å². The SMILES string of the molecule is CN(C)S(=O)(=O)c1ccc(CC(=O)N2CCOCC2)cc1. The highest BCUT2D eigenvalue weighted by molar-refractivity contribution is 7.89. The summed E-state index contributed by atoms with van der Waals surface area (Å²) < 4.78 is 30.3. The molecule has 0 aliphatic carbocycles. The molecule has 1 saturated heterocycles. The highest BCUT2D eigenvalue weighted by Crippen LogP contribution is 2.15. The van der Waals surface area contributed by atoms with Crippen molar-refractivity contribution < 1.29 is 17.9 Å². The van der Waals surface area contributed by atoms with Crippen LogP contribution in [0.15, 0.2) is 29.2 Å². The molecule has 7 heteroatoms. The Kier molecular flexibility index (Phi) is 4.97. The number of benzene rings is 1. The lowest BCUT2D eigenvalue weighted by Gasteiger charge is -2.26. The number of nitrogens with zero attached hydrogens (tertiary/aromatic N) is 2. The summed E-state index contributed by atoms with van der Waals surface area (Å²) in [4.78, 5) is 14.1. The van der Waals surface area contributed by atoms with Crippen LogP contribution in [-0.2, 0) is 26.0 Å². The average Bonchev–Trinajstić information content (AvgIpc) is 2.48. The Labute approximate surface area is 125 Å². The van der Waals surface area contributed by atoms with Gasteiger partial charge in [-0.2, -0.15) is 0 Å². The Morgan fingerprint density at radius 1 is 1.19 bits per heavy atom. The zero-order valence-electron chi connectivity index (χ0n) is 12.3. The number of hydrogen-bond donors (Lipinski definition) is 0. The standard InChI is InChI=1S/C14H20N2O4S/c1-15(2)21(18,19)13-5-3-12(4-6-13)11-14(17)16-7-9-20-10-8-16/h3-6H,7-11H2,1-2H3. The summed E-state index contributed by atoms with van der Waals surface area (Å²) >= 11 is 0. The number of rotatable bonds is 4. The van der Waals surface area contributed by atoms with Crippen molar-refractivity contribution in [3.8, 4) is 0 Å². The van der Waals surface area contributed by atoms with Crippen molar-refractivity contribution in [1.29, 1.82) is 0 Å². The molecule has 1 aliphatic rings. The monoisotopic (exact) mass is 312 g/mol. The summed E-state index contributed by atoms with van der Waals surface area (Å²) in [6.45, 7) is 2.38. The van der Waals surface area contributed by atoms with Crippen molar-refractivity contribution in [2.24, 2.45) is 0 Å². The third-order valence-corrected chi connectivity index (χ3v) is 5.25. The molecule has 116 valence electrons. The van der Waals surface area contributed by atoms with Gasteiger partial charge in [-0.25, -0.2) is 12.7 Å². The van der Waals surface area contributed by atoms with Crippen LogP contribution in [0, 0.1) is 0 Å². The lowest BCUT2D eigenvalue weighted by molar-refractivity contribution is -0.134. The van der Waals surface area contributed by atoms with Crippen LogP contribution < -0.4 is 0 Å². The highest BCUT2D eigenvalue weighted by atomic mass is 32.2. The van der Waals surface area contributed by atoms with Gasteiger partial charge in [0.1, 0.15) is 0 Å².